The van der Waals surface area contributed by atoms with Crippen LogP contribution in [0.4, 0.5) is 4.39 Å². The lowest BCUT2D eigenvalue weighted by Crippen LogP contribution is -2.65. The van der Waals surface area contributed by atoms with Crippen LogP contribution in [-0.4, -0.2) is 56.0 Å². The van der Waals surface area contributed by atoms with Crippen LogP contribution in [0.2, 0.25) is 5.02 Å². The number of hydrogen-bond acceptors (Lipinski definition) is 7. The Morgan fingerprint density at radius 3 is 2.63 bits per heavy atom. The third-order valence-electron chi connectivity index (χ3n) is 6.35. The summed E-state index contributed by atoms with van der Waals surface area (Å²) in [6, 6.07) is 11.4. The van der Waals surface area contributed by atoms with Crippen molar-refractivity contribution in [1.82, 2.24) is 4.57 Å². The number of nitrogens with zero attached hydrogens (tertiary/aromatic N) is 3. The first-order chi connectivity index (χ1) is 16.7. The predicted molar refractivity (Wildman–Crippen MR) is 118 cm³/mol. The van der Waals surface area contributed by atoms with E-state index < -0.39 is 42.4 Å². The molecule has 1 saturated heterocycles. The molecule has 2 aromatic carbocycles. The number of imidazole rings is 1. The second-order valence-corrected chi connectivity index (χ2v) is 8.89. The van der Waals surface area contributed by atoms with Gasteiger partial charge in [-0.05, 0) is 30.3 Å². The highest BCUT2D eigenvalue weighted by Crippen LogP contribution is 2.31. The number of aliphatic hydroxyl groups excluding tert-OH is 3. The minimum absolute atomic E-state index is 0.113. The van der Waals surface area contributed by atoms with Crippen molar-refractivity contribution in [2.45, 2.75) is 44.1 Å². The van der Waals surface area contributed by atoms with Crippen LogP contribution in [0, 0.1) is 12.7 Å². The molecule has 3 aromatic rings. The number of halogens is 2. The first-order valence-electron chi connectivity index (χ1n) is 10.8. The summed E-state index contributed by atoms with van der Waals surface area (Å²) in [5, 5.41) is 42.7. The SMILES string of the molecule is Cc1n2c(c[n+]1[C@@H]1O[C@H](C(=O)[O-])[C@@H](O)[C@H](O)[C@H]1O)CN=C(c1ccccc1F)c1cc(Cl)ccc1-2. The van der Waals surface area contributed by atoms with E-state index in [1.165, 1.54) is 10.6 Å². The van der Waals surface area contributed by atoms with Crippen molar-refractivity contribution in [3.8, 4) is 5.69 Å². The minimum Gasteiger partial charge on any atom is -0.547 e. The molecule has 0 bridgehead atoms. The van der Waals surface area contributed by atoms with E-state index >= 15 is 0 Å². The van der Waals surface area contributed by atoms with E-state index in [0.29, 0.717) is 39.1 Å². The normalized spacial score (nSPS) is 25.9. The van der Waals surface area contributed by atoms with Gasteiger partial charge in [-0.2, -0.15) is 4.57 Å². The molecule has 2 aliphatic rings. The number of aliphatic carboxylic acids is 1. The molecule has 182 valence electrons. The smallest absolute Gasteiger partial charge is 0.261 e. The molecule has 35 heavy (non-hydrogen) atoms. The minimum atomic E-state index is -1.86. The molecular formula is C24H21ClFN3O6. The van der Waals surface area contributed by atoms with E-state index in [1.54, 1.807) is 49.5 Å². The van der Waals surface area contributed by atoms with Crippen molar-refractivity contribution in [2.75, 3.05) is 0 Å². The lowest BCUT2D eigenvalue weighted by atomic mass is 9.98. The van der Waals surface area contributed by atoms with Crippen LogP contribution >= 0.6 is 11.6 Å². The van der Waals surface area contributed by atoms with Gasteiger partial charge in [-0.15, -0.1) is 0 Å². The molecule has 3 heterocycles. The van der Waals surface area contributed by atoms with Crippen LogP contribution < -0.4 is 9.67 Å². The molecule has 0 saturated carbocycles. The van der Waals surface area contributed by atoms with Gasteiger partial charge in [0.15, 0.2) is 5.69 Å². The van der Waals surface area contributed by atoms with Gasteiger partial charge in [-0.1, -0.05) is 23.7 Å². The summed E-state index contributed by atoms with van der Waals surface area (Å²) in [4.78, 5) is 16.1. The third-order valence-corrected chi connectivity index (χ3v) is 6.59. The second-order valence-electron chi connectivity index (χ2n) is 8.45. The van der Waals surface area contributed by atoms with Crippen LogP contribution in [0.5, 0.6) is 0 Å². The van der Waals surface area contributed by atoms with Gasteiger partial charge < -0.3 is 30.0 Å². The zero-order chi connectivity index (χ0) is 25.0. The van der Waals surface area contributed by atoms with Crippen LogP contribution in [-0.2, 0) is 16.1 Å². The van der Waals surface area contributed by atoms with Crippen molar-refractivity contribution in [1.29, 1.82) is 0 Å². The maximum absolute atomic E-state index is 14.7. The Balaban J connectivity index is 1.65. The average molecular weight is 502 g/mol. The largest absolute Gasteiger partial charge is 0.547 e. The first kappa shape index (κ1) is 23.6. The van der Waals surface area contributed by atoms with Gasteiger partial charge in [0.1, 0.15) is 48.7 Å². The molecule has 5 rings (SSSR count). The number of carbonyl (C=O) groups excluding carboxylic acids is 1. The molecule has 5 atom stereocenters. The maximum Gasteiger partial charge on any atom is 0.261 e. The van der Waals surface area contributed by atoms with Crippen LogP contribution in [0.15, 0.2) is 53.7 Å². The summed E-state index contributed by atoms with van der Waals surface area (Å²) in [6.07, 6.45) is -6.84. The molecule has 11 heteroatoms. The fourth-order valence-corrected chi connectivity index (χ4v) is 4.81. The number of fused-ring (bicyclic) bond motifs is 3. The molecular weight excluding hydrogens is 481 g/mol. The first-order valence-corrected chi connectivity index (χ1v) is 11.2. The van der Waals surface area contributed by atoms with Crippen molar-refractivity contribution >= 4 is 23.3 Å². The Morgan fingerprint density at radius 1 is 1.17 bits per heavy atom. The molecule has 0 spiro atoms. The van der Waals surface area contributed by atoms with Gasteiger partial charge in [0, 0.05) is 23.1 Å². The van der Waals surface area contributed by atoms with Crippen molar-refractivity contribution in [3.63, 3.8) is 0 Å². The molecule has 2 aliphatic heterocycles. The number of aromatic nitrogens is 2. The van der Waals surface area contributed by atoms with Crippen molar-refractivity contribution in [2.24, 2.45) is 4.99 Å². The van der Waals surface area contributed by atoms with Crippen LogP contribution in [0.1, 0.15) is 28.9 Å². The van der Waals surface area contributed by atoms with Gasteiger partial charge in [0.25, 0.3) is 5.82 Å². The zero-order valence-corrected chi connectivity index (χ0v) is 19.1. The fraction of sp³-hybridized carbons (Fsp3) is 0.292. The summed E-state index contributed by atoms with van der Waals surface area (Å²) in [7, 11) is 0. The molecule has 0 aliphatic carbocycles. The Hall–Kier alpha value is -3.15. The highest BCUT2D eigenvalue weighted by molar-refractivity contribution is 6.31. The van der Waals surface area contributed by atoms with E-state index in [1.807, 2.05) is 4.57 Å². The van der Waals surface area contributed by atoms with E-state index in [0.717, 1.165) is 0 Å². The maximum atomic E-state index is 14.7. The molecule has 0 radical (unpaired) electrons. The fourth-order valence-electron chi connectivity index (χ4n) is 4.64. The summed E-state index contributed by atoms with van der Waals surface area (Å²) >= 11 is 6.28. The highest BCUT2D eigenvalue weighted by atomic mass is 35.5. The van der Waals surface area contributed by atoms with Gasteiger partial charge >= 0.3 is 0 Å². The van der Waals surface area contributed by atoms with E-state index in [4.69, 9.17) is 16.3 Å². The third kappa shape index (κ3) is 3.83. The van der Waals surface area contributed by atoms with E-state index in [9.17, 15) is 29.6 Å². The quantitative estimate of drug-likeness (QED) is 0.431. The average Bonchev–Trinajstić information content (AvgIpc) is 3.05. The van der Waals surface area contributed by atoms with E-state index in [-0.39, 0.29) is 6.54 Å². The van der Waals surface area contributed by atoms with Gasteiger partial charge in [0.2, 0.25) is 6.23 Å². The monoisotopic (exact) mass is 501 g/mol. The van der Waals surface area contributed by atoms with Crippen LogP contribution in [0.3, 0.4) is 0 Å². The van der Waals surface area contributed by atoms with Gasteiger partial charge in [-0.3, -0.25) is 4.99 Å². The summed E-state index contributed by atoms with van der Waals surface area (Å²) < 4.78 is 23.4. The summed E-state index contributed by atoms with van der Waals surface area (Å²) in [6.45, 7) is 1.82. The topological polar surface area (TPSA) is 131 Å². The standard InChI is InChI=1S/C24H21ClFN3O6/c1-11-28(23-21(32)19(30)20(31)22(35-23)24(33)34)10-13-9-27-18(14-4-2-3-5-16(14)26)15-8-12(25)6-7-17(15)29(11)13/h2-8,10,19-23,30-32H,9H2,1H3/t19-,20-,21+,22-,23+/m0/s1. The molecule has 1 fully saturated rings. The Bertz CT molecular complexity index is 1360. The zero-order valence-electron chi connectivity index (χ0n) is 18.4. The number of benzene rings is 2. The molecule has 0 unspecified atom stereocenters. The predicted octanol–water partition coefficient (Wildman–Crippen LogP) is -0.0533. The van der Waals surface area contributed by atoms with Crippen molar-refractivity contribution < 1.29 is 38.9 Å². The number of carbonyl (C=O) groups is 1. The lowest BCUT2D eigenvalue weighted by Gasteiger charge is -2.39. The Labute approximate surface area is 203 Å². The number of ether oxygens (including phenoxy) is 1. The number of carboxylic acids is 1. The summed E-state index contributed by atoms with van der Waals surface area (Å²) in [5.74, 6) is -1.65. The molecule has 1 aromatic heterocycles. The van der Waals surface area contributed by atoms with Gasteiger partial charge in [0.05, 0.1) is 11.7 Å². The lowest BCUT2D eigenvalue weighted by molar-refractivity contribution is -0.781. The van der Waals surface area contributed by atoms with E-state index in [2.05, 4.69) is 4.99 Å². The number of rotatable bonds is 3. The van der Waals surface area contributed by atoms with Gasteiger partial charge in [-0.25, -0.2) is 8.96 Å². The Kier molecular flexibility index (Phi) is 5.94. The number of carboxylic acid groups (broad SMARTS) is 1. The Morgan fingerprint density at radius 2 is 1.91 bits per heavy atom. The molecule has 0 amide bonds. The number of aliphatic imine (C=N–C) groups is 1. The highest BCUT2D eigenvalue weighted by Gasteiger charge is 2.48. The van der Waals surface area contributed by atoms with Crippen molar-refractivity contribution in [3.05, 3.63) is 82.1 Å². The molecule has 3 N–H and O–H groups in total. The molecule has 9 nitrogen and oxygen atoms in total. The summed E-state index contributed by atoms with van der Waals surface area (Å²) in [5.41, 5.74) is 2.55. The van der Waals surface area contributed by atoms with Crippen LogP contribution in [0.25, 0.3) is 5.69 Å². The number of hydrogen-bond donors (Lipinski definition) is 3. The number of aliphatic hydroxyl groups is 3. The second kappa shape index (κ2) is 8.81.